The first-order valence-electron chi connectivity index (χ1n) is 8.06. The Morgan fingerprint density at radius 1 is 1.38 bits per heavy atom. The molecule has 2 aromatic heterocycles. The molecular weight excluding hydrogens is 459 g/mol. The maximum Gasteiger partial charge on any atom is 0.342 e. The number of phenolic OH excluding ortho intramolecular Hbond substituents is 1. The summed E-state index contributed by atoms with van der Waals surface area (Å²) in [6.45, 7) is -0.0110. The summed E-state index contributed by atoms with van der Waals surface area (Å²) in [4.78, 5) is 21.2. The number of benzene rings is 1. The van der Waals surface area contributed by atoms with E-state index >= 15 is 0 Å². The van der Waals surface area contributed by atoms with E-state index in [9.17, 15) is 9.90 Å². The van der Waals surface area contributed by atoms with Crippen molar-refractivity contribution >= 4 is 64.1 Å². The van der Waals surface area contributed by atoms with Gasteiger partial charge in [0.25, 0.3) is 0 Å². The Balaban J connectivity index is 1.59. The standard InChI is InChI=1S/C17H16Cl2N4O4S2/c1-23-10(7-20-17(23)21-26-2)8-27-16(25)11-4-3-9(5-13(11)24)22-29-14-6-12(18)15(19)28-14/h3-7,22,24H,8H2,1-2H3,(H,20,21). The lowest BCUT2D eigenvalue weighted by Gasteiger charge is -2.10. The van der Waals surface area contributed by atoms with Crippen molar-refractivity contribution in [1.82, 2.24) is 9.55 Å². The van der Waals surface area contributed by atoms with Gasteiger partial charge in [-0.2, -0.15) is 0 Å². The molecule has 0 spiro atoms. The van der Waals surface area contributed by atoms with Gasteiger partial charge in [-0.05, 0) is 30.1 Å². The number of anilines is 2. The number of rotatable bonds is 8. The van der Waals surface area contributed by atoms with Crippen LogP contribution in [-0.2, 0) is 23.2 Å². The Hall–Kier alpha value is -2.11. The van der Waals surface area contributed by atoms with Gasteiger partial charge in [-0.3, -0.25) is 4.84 Å². The lowest BCUT2D eigenvalue weighted by Crippen LogP contribution is -2.09. The Morgan fingerprint density at radius 2 is 2.17 bits per heavy atom. The number of hydrogen-bond donors (Lipinski definition) is 3. The molecule has 0 aliphatic heterocycles. The van der Waals surface area contributed by atoms with Crippen molar-refractivity contribution in [2.75, 3.05) is 17.3 Å². The van der Waals surface area contributed by atoms with Gasteiger partial charge in [0.05, 0.1) is 28.2 Å². The van der Waals surface area contributed by atoms with E-state index in [1.165, 1.54) is 42.5 Å². The topological polar surface area (TPSA) is 97.6 Å². The van der Waals surface area contributed by atoms with Gasteiger partial charge in [0, 0.05) is 18.8 Å². The lowest BCUT2D eigenvalue weighted by molar-refractivity contribution is 0.0461. The van der Waals surface area contributed by atoms with Crippen molar-refractivity contribution in [2.45, 2.75) is 10.8 Å². The fraction of sp³-hybridized carbons (Fsp3) is 0.176. The van der Waals surface area contributed by atoms with E-state index in [4.69, 9.17) is 32.8 Å². The van der Waals surface area contributed by atoms with Crippen molar-refractivity contribution in [3.05, 3.63) is 51.1 Å². The Labute approximate surface area is 184 Å². The van der Waals surface area contributed by atoms with Gasteiger partial charge in [-0.1, -0.05) is 23.2 Å². The minimum atomic E-state index is -0.652. The van der Waals surface area contributed by atoms with E-state index in [2.05, 4.69) is 15.2 Å². The number of carbonyl (C=O) groups excluding carboxylic acids is 1. The van der Waals surface area contributed by atoms with Crippen LogP contribution < -0.4 is 10.2 Å². The molecule has 154 valence electrons. The van der Waals surface area contributed by atoms with E-state index in [0.717, 1.165) is 4.21 Å². The average molecular weight is 475 g/mol. The molecule has 3 aromatic rings. The van der Waals surface area contributed by atoms with Crippen molar-refractivity contribution < 1.29 is 19.5 Å². The Morgan fingerprint density at radius 3 is 2.83 bits per heavy atom. The second kappa shape index (κ2) is 9.59. The van der Waals surface area contributed by atoms with Crippen LogP contribution >= 0.6 is 46.5 Å². The summed E-state index contributed by atoms with van der Waals surface area (Å²) in [5.41, 5.74) is 3.92. The number of nitrogens with zero attached hydrogens (tertiary/aromatic N) is 2. The molecule has 0 saturated carbocycles. The smallest absolute Gasteiger partial charge is 0.342 e. The van der Waals surface area contributed by atoms with Crippen LogP contribution in [0.5, 0.6) is 5.75 Å². The van der Waals surface area contributed by atoms with Crippen molar-refractivity contribution in [1.29, 1.82) is 0 Å². The lowest BCUT2D eigenvalue weighted by atomic mass is 10.2. The van der Waals surface area contributed by atoms with Crippen LogP contribution in [0.4, 0.5) is 11.6 Å². The van der Waals surface area contributed by atoms with Crippen LogP contribution in [0.15, 0.2) is 34.7 Å². The normalized spacial score (nSPS) is 10.8. The van der Waals surface area contributed by atoms with Gasteiger partial charge in [0.15, 0.2) is 0 Å². The molecule has 0 aliphatic carbocycles. The molecule has 0 saturated heterocycles. The van der Waals surface area contributed by atoms with Gasteiger partial charge in [0.1, 0.15) is 22.3 Å². The number of aromatic hydroxyl groups is 1. The molecule has 0 aliphatic rings. The van der Waals surface area contributed by atoms with Crippen LogP contribution in [0, 0.1) is 0 Å². The summed E-state index contributed by atoms with van der Waals surface area (Å²) in [5, 5.41) is 10.7. The van der Waals surface area contributed by atoms with Crippen molar-refractivity contribution in [3.8, 4) is 5.75 Å². The van der Waals surface area contributed by atoms with Crippen LogP contribution in [-0.4, -0.2) is 27.7 Å². The molecule has 0 bridgehead atoms. The predicted octanol–water partition coefficient (Wildman–Crippen LogP) is 4.94. The highest BCUT2D eigenvalue weighted by molar-refractivity contribution is 8.02. The third kappa shape index (κ3) is 5.28. The summed E-state index contributed by atoms with van der Waals surface area (Å²) >= 11 is 14.5. The van der Waals surface area contributed by atoms with Gasteiger partial charge in [0.2, 0.25) is 5.95 Å². The number of thiophene rings is 1. The molecule has 0 unspecified atom stereocenters. The second-order valence-electron chi connectivity index (χ2n) is 5.64. The number of nitrogens with one attached hydrogen (secondary N) is 2. The molecule has 12 heteroatoms. The van der Waals surface area contributed by atoms with Gasteiger partial charge in [-0.25, -0.2) is 15.3 Å². The van der Waals surface area contributed by atoms with Crippen molar-refractivity contribution in [3.63, 3.8) is 0 Å². The second-order valence-corrected chi connectivity index (χ2v) is 8.81. The first-order chi connectivity index (χ1) is 13.9. The molecular formula is C17H16Cl2N4O4S2. The maximum atomic E-state index is 12.3. The molecule has 3 rings (SSSR count). The number of phenols is 1. The van der Waals surface area contributed by atoms with E-state index < -0.39 is 5.97 Å². The quantitative estimate of drug-likeness (QED) is 0.239. The predicted molar refractivity (Wildman–Crippen MR) is 115 cm³/mol. The summed E-state index contributed by atoms with van der Waals surface area (Å²) in [6, 6.07) is 6.32. The van der Waals surface area contributed by atoms with E-state index in [-0.39, 0.29) is 17.9 Å². The molecule has 2 heterocycles. The van der Waals surface area contributed by atoms with E-state index in [0.29, 0.717) is 26.7 Å². The number of esters is 1. The number of aromatic nitrogens is 2. The van der Waals surface area contributed by atoms with Gasteiger partial charge < -0.3 is 19.1 Å². The van der Waals surface area contributed by atoms with Crippen LogP contribution in [0.1, 0.15) is 16.1 Å². The molecule has 0 atom stereocenters. The zero-order valence-electron chi connectivity index (χ0n) is 15.2. The minimum absolute atomic E-state index is 0.0110. The number of carbonyl (C=O) groups is 1. The minimum Gasteiger partial charge on any atom is -0.507 e. The SMILES string of the molecule is CONc1ncc(COC(=O)c2ccc(NSc3cc(Cl)c(Cl)s3)cc2O)n1C. The number of ether oxygens (including phenoxy) is 1. The molecule has 3 N–H and O–H groups in total. The van der Waals surface area contributed by atoms with Crippen LogP contribution in [0.25, 0.3) is 0 Å². The van der Waals surface area contributed by atoms with Crippen LogP contribution in [0.2, 0.25) is 9.36 Å². The third-order valence-electron chi connectivity index (χ3n) is 3.74. The maximum absolute atomic E-state index is 12.3. The number of imidazole rings is 1. The molecule has 1 aromatic carbocycles. The zero-order chi connectivity index (χ0) is 21.0. The zero-order valence-corrected chi connectivity index (χ0v) is 18.4. The van der Waals surface area contributed by atoms with E-state index in [1.54, 1.807) is 29.9 Å². The van der Waals surface area contributed by atoms with Crippen molar-refractivity contribution in [2.24, 2.45) is 7.05 Å². The van der Waals surface area contributed by atoms with E-state index in [1.807, 2.05) is 0 Å². The highest BCUT2D eigenvalue weighted by atomic mass is 35.5. The summed E-state index contributed by atoms with van der Waals surface area (Å²) in [5.74, 6) is -0.377. The molecule has 0 radical (unpaired) electrons. The Kier molecular flexibility index (Phi) is 7.14. The molecule has 8 nitrogen and oxygen atoms in total. The fourth-order valence-corrected chi connectivity index (χ4v) is 4.61. The first kappa shape index (κ1) is 21.6. The number of hydrogen-bond acceptors (Lipinski definition) is 9. The largest absolute Gasteiger partial charge is 0.507 e. The number of halogens is 2. The van der Waals surface area contributed by atoms with Crippen LogP contribution in [0.3, 0.4) is 0 Å². The monoisotopic (exact) mass is 474 g/mol. The summed E-state index contributed by atoms with van der Waals surface area (Å²) in [7, 11) is 3.22. The highest BCUT2D eigenvalue weighted by Crippen LogP contribution is 2.38. The average Bonchev–Trinajstić information content (AvgIpc) is 3.20. The molecule has 0 fully saturated rings. The third-order valence-corrected chi connectivity index (χ3v) is 6.56. The first-order valence-corrected chi connectivity index (χ1v) is 10.5. The Bertz CT molecular complexity index is 1010. The highest BCUT2D eigenvalue weighted by Gasteiger charge is 2.15. The summed E-state index contributed by atoms with van der Waals surface area (Å²) < 4.78 is 11.4. The summed E-state index contributed by atoms with van der Waals surface area (Å²) in [6.07, 6.45) is 1.56. The fourth-order valence-electron chi connectivity index (χ4n) is 2.24. The molecule has 29 heavy (non-hydrogen) atoms. The molecule has 0 amide bonds. The van der Waals surface area contributed by atoms with Gasteiger partial charge >= 0.3 is 5.97 Å². The van der Waals surface area contributed by atoms with Gasteiger partial charge in [-0.15, -0.1) is 11.3 Å².